The molecular formula is C28H28N2O6. The molecule has 8 nitrogen and oxygen atoms in total. The number of carbonyl (C=O) groups is 4. The summed E-state index contributed by atoms with van der Waals surface area (Å²) in [5.41, 5.74) is 3.98. The third kappa shape index (κ3) is 4.59. The number of aryl methyl sites for hydroxylation is 2. The molecule has 2 aromatic carbocycles. The number of hydrogen-bond acceptors (Lipinski definition) is 6. The molecular weight excluding hydrogens is 460 g/mol. The smallest absolute Gasteiger partial charge is 0.338 e. The summed E-state index contributed by atoms with van der Waals surface area (Å²) in [5, 5.41) is 0. The zero-order valence-corrected chi connectivity index (χ0v) is 20.8. The number of nitrogens with zero attached hydrogens (tertiary/aromatic N) is 2. The normalized spacial score (nSPS) is 12.7. The Balaban J connectivity index is 1.46. The SMILES string of the molecule is COCCCn1c(C)cc(C(=O)COC(=O)c2ccc3c(c2)C(=O)N(c2ccccc2C)C3=O)c1C. The van der Waals surface area contributed by atoms with E-state index in [1.165, 1.54) is 18.2 Å². The van der Waals surface area contributed by atoms with Gasteiger partial charge in [0.15, 0.2) is 6.61 Å². The summed E-state index contributed by atoms with van der Waals surface area (Å²) < 4.78 is 12.4. The van der Waals surface area contributed by atoms with Gasteiger partial charge in [-0.2, -0.15) is 0 Å². The summed E-state index contributed by atoms with van der Waals surface area (Å²) in [6.07, 6.45) is 0.816. The molecule has 186 valence electrons. The van der Waals surface area contributed by atoms with E-state index in [-0.39, 0.29) is 22.5 Å². The molecule has 0 unspecified atom stereocenters. The van der Waals surface area contributed by atoms with Crippen molar-refractivity contribution in [2.45, 2.75) is 33.7 Å². The highest BCUT2D eigenvalue weighted by Crippen LogP contribution is 2.31. The van der Waals surface area contributed by atoms with Gasteiger partial charge in [-0.05, 0) is 63.1 Å². The molecule has 1 aliphatic heterocycles. The number of para-hydroxylation sites is 1. The molecule has 0 fully saturated rings. The first-order chi connectivity index (χ1) is 17.2. The predicted molar refractivity (Wildman–Crippen MR) is 134 cm³/mol. The largest absolute Gasteiger partial charge is 0.454 e. The Bertz CT molecular complexity index is 1370. The summed E-state index contributed by atoms with van der Waals surface area (Å²) in [6.45, 7) is 6.51. The van der Waals surface area contributed by atoms with Gasteiger partial charge in [0.1, 0.15) is 0 Å². The maximum absolute atomic E-state index is 13.0. The minimum absolute atomic E-state index is 0.0966. The van der Waals surface area contributed by atoms with Gasteiger partial charge in [-0.15, -0.1) is 0 Å². The lowest BCUT2D eigenvalue weighted by Gasteiger charge is -2.16. The fraction of sp³-hybridized carbons (Fsp3) is 0.286. The zero-order chi connectivity index (χ0) is 26.0. The molecule has 0 saturated carbocycles. The van der Waals surface area contributed by atoms with Gasteiger partial charge < -0.3 is 14.0 Å². The summed E-state index contributed by atoms with van der Waals surface area (Å²) in [4.78, 5) is 52.5. The van der Waals surface area contributed by atoms with Crippen LogP contribution >= 0.6 is 0 Å². The van der Waals surface area contributed by atoms with E-state index in [0.717, 1.165) is 34.8 Å². The van der Waals surface area contributed by atoms with E-state index in [9.17, 15) is 19.2 Å². The molecule has 0 aliphatic carbocycles. The van der Waals surface area contributed by atoms with Crippen molar-refractivity contribution in [1.29, 1.82) is 0 Å². The number of methoxy groups -OCH3 is 1. The highest BCUT2D eigenvalue weighted by atomic mass is 16.5. The van der Waals surface area contributed by atoms with E-state index in [2.05, 4.69) is 0 Å². The van der Waals surface area contributed by atoms with Crippen molar-refractivity contribution in [2.24, 2.45) is 0 Å². The van der Waals surface area contributed by atoms with Crippen molar-refractivity contribution in [3.8, 4) is 0 Å². The molecule has 36 heavy (non-hydrogen) atoms. The first-order valence-electron chi connectivity index (χ1n) is 11.7. The Morgan fingerprint density at radius 2 is 1.64 bits per heavy atom. The fourth-order valence-corrected chi connectivity index (χ4v) is 4.49. The minimum Gasteiger partial charge on any atom is -0.454 e. The zero-order valence-electron chi connectivity index (χ0n) is 20.8. The van der Waals surface area contributed by atoms with Gasteiger partial charge in [-0.1, -0.05) is 18.2 Å². The predicted octanol–water partition coefficient (Wildman–Crippen LogP) is 4.29. The van der Waals surface area contributed by atoms with Gasteiger partial charge in [0.25, 0.3) is 11.8 Å². The minimum atomic E-state index is -0.741. The quantitative estimate of drug-likeness (QED) is 0.193. The molecule has 1 aliphatic rings. The maximum atomic E-state index is 13.0. The molecule has 0 spiro atoms. The Morgan fingerprint density at radius 3 is 2.36 bits per heavy atom. The lowest BCUT2D eigenvalue weighted by molar-refractivity contribution is 0.0474. The molecule has 8 heteroatoms. The van der Waals surface area contributed by atoms with Gasteiger partial charge >= 0.3 is 5.97 Å². The van der Waals surface area contributed by atoms with Crippen LogP contribution in [0.2, 0.25) is 0 Å². The topological polar surface area (TPSA) is 94.9 Å². The molecule has 0 N–H and O–H groups in total. The standard InChI is InChI=1S/C28H28N2O6/c1-17-8-5-6-9-24(17)30-26(32)21-11-10-20(15-23(21)27(30)33)28(34)36-16-25(31)22-14-18(2)29(19(22)3)12-7-13-35-4/h5-6,8-11,14-15H,7,12-13,16H2,1-4H3. The Kier molecular flexibility index (Phi) is 7.17. The second-order valence-electron chi connectivity index (χ2n) is 8.77. The van der Waals surface area contributed by atoms with Crippen molar-refractivity contribution in [2.75, 3.05) is 25.2 Å². The van der Waals surface area contributed by atoms with Crippen LogP contribution in [-0.4, -0.2) is 48.5 Å². The number of ketones is 1. The van der Waals surface area contributed by atoms with Crippen molar-refractivity contribution in [1.82, 2.24) is 4.57 Å². The number of anilines is 1. The van der Waals surface area contributed by atoms with Gasteiger partial charge in [0, 0.05) is 37.2 Å². The number of amides is 2. The van der Waals surface area contributed by atoms with Crippen molar-refractivity contribution in [3.05, 3.63) is 87.7 Å². The van der Waals surface area contributed by atoms with Crippen LogP contribution < -0.4 is 4.90 Å². The van der Waals surface area contributed by atoms with Crippen LogP contribution in [0.4, 0.5) is 5.69 Å². The van der Waals surface area contributed by atoms with Crippen LogP contribution in [0.15, 0.2) is 48.5 Å². The fourth-order valence-electron chi connectivity index (χ4n) is 4.49. The second kappa shape index (κ2) is 10.3. The molecule has 1 aromatic heterocycles. The van der Waals surface area contributed by atoms with Crippen molar-refractivity contribution < 1.29 is 28.7 Å². The number of carbonyl (C=O) groups excluding carboxylic acids is 4. The van der Waals surface area contributed by atoms with E-state index < -0.39 is 24.4 Å². The van der Waals surface area contributed by atoms with E-state index >= 15 is 0 Å². The van der Waals surface area contributed by atoms with E-state index in [1.54, 1.807) is 25.3 Å². The second-order valence-corrected chi connectivity index (χ2v) is 8.77. The number of rotatable bonds is 9. The number of imide groups is 1. The summed E-state index contributed by atoms with van der Waals surface area (Å²) in [6, 6.07) is 13.1. The van der Waals surface area contributed by atoms with Gasteiger partial charge in [0.05, 0.1) is 22.4 Å². The van der Waals surface area contributed by atoms with Crippen LogP contribution in [-0.2, 0) is 16.0 Å². The molecule has 2 heterocycles. The van der Waals surface area contributed by atoms with Crippen LogP contribution in [0, 0.1) is 20.8 Å². The molecule has 0 saturated heterocycles. The van der Waals surface area contributed by atoms with Crippen molar-refractivity contribution in [3.63, 3.8) is 0 Å². The maximum Gasteiger partial charge on any atom is 0.338 e. The van der Waals surface area contributed by atoms with Gasteiger partial charge in [-0.25, -0.2) is 9.69 Å². The lowest BCUT2D eigenvalue weighted by atomic mass is 10.1. The summed E-state index contributed by atoms with van der Waals surface area (Å²) in [5.74, 6) is -2.00. The number of benzene rings is 2. The number of ether oxygens (including phenoxy) is 2. The lowest BCUT2D eigenvalue weighted by Crippen LogP contribution is -2.29. The van der Waals surface area contributed by atoms with Crippen LogP contribution in [0.5, 0.6) is 0 Å². The van der Waals surface area contributed by atoms with Crippen LogP contribution in [0.1, 0.15) is 64.8 Å². The van der Waals surface area contributed by atoms with Crippen LogP contribution in [0.3, 0.4) is 0 Å². The first kappa shape index (κ1) is 25.1. The molecule has 0 bridgehead atoms. The van der Waals surface area contributed by atoms with Crippen LogP contribution in [0.25, 0.3) is 0 Å². The van der Waals surface area contributed by atoms with Gasteiger partial charge in [0.2, 0.25) is 5.78 Å². The first-order valence-corrected chi connectivity index (χ1v) is 11.7. The Labute approximate surface area is 209 Å². The highest BCUT2D eigenvalue weighted by Gasteiger charge is 2.37. The summed E-state index contributed by atoms with van der Waals surface area (Å²) >= 11 is 0. The molecule has 0 atom stereocenters. The van der Waals surface area contributed by atoms with E-state index in [1.807, 2.05) is 37.5 Å². The monoisotopic (exact) mass is 488 g/mol. The molecule has 2 amide bonds. The molecule has 4 rings (SSSR count). The highest BCUT2D eigenvalue weighted by molar-refractivity contribution is 6.35. The average Bonchev–Trinajstić information content (AvgIpc) is 3.29. The number of Topliss-reactive ketones (excluding diaryl/α,β-unsaturated/α-hetero) is 1. The number of fused-ring (bicyclic) bond motifs is 1. The van der Waals surface area contributed by atoms with E-state index in [4.69, 9.17) is 9.47 Å². The summed E-state index contributed by atoms with van der Waals surface area (Å²) in [7, 11) is 1.65. The third-order valence-corrected chi connectivity index (χ3v) is 6.42. The number of aromatic nitrogens is 1. The Morgan fingerprint density at radius 1 is 0.917 bits per heavy atom. The molecule has 3 aromatic rings. The Hall–Kier alpha value is -4.04. The number of hydrogen-bond donors (Lipinski definition) is 0. The average molecular weight is 489 g/mol. The van der Waals surface area contributed by atoms with Crippen molar-refractivity contribution >= 4 is 29.3 Å². The van der Waals surface area contributed by atoms with Gasteiger partial charge in [-0.3, -0.25) is 14.4 Å². The third-order valence-electron chi connectivity index (χ3n) is 6.42. The van der Waals surface area contributed by atoms with E-state index in [0.29, 0.717) is 17.9 Å². The number of esters is 1. The molecule has 0 radical (unpaired) electrons.